The van der Waals surface area contributed by atoms with Gasteiger partial charge in [-0.2, -0.15) is 0 Å². The van der Waals surface area contributed by atoms with Crippen LogP contribution in [0, 0.1) is 0 Å². The Hall–Kier alpha value is -1.55. The van der Waals surface area contributed by atoms with E-state index < -0.39 is 0 Å². The van der Waals surface area contributed by atoms with Crippen LogP contribution in [0.25, 0.3) is 0 Å². The quantitative estimate of drug-likeness (QED) is 0.861. The molecule has 0 unspecified atom stereocenters. The summed E-state index contributed by atoms with van der Waals surface area (Å²) in [5.74, 6) is 1.32. The molecule has 1 aliphatic rings. The normalized spacial score (nSPS) is 13.4. The molecule has 2 aromatic rings. The lowest BCUT2D eigenvalue weighted by Gasteiger charge is -2.09. The van der Waals surface area contributed by atoms with E-state index in [0.717, 1.165) is 23.0 Å². The SMILES string of the molecule is Nc1ccc(Br)c(Oc2ccc3c(n2)CCC3)c1. The van der Waals surface area contributed by atoms with Gasteiger partial charge >= 0.3 is 0 Å². The number of nitrogens with zero attached hydrogens (tertiary/aromatic N) is 1. The largest absolute Gasteiger partial charge is 0.438 e. The number of fused-ring (bicyclic) bond motifs is 1. The van der Waals surface area contributed by atoms with Crippen LogP contribution in [0.4, 0.5) is 5.69 Å². The molecule has 3 rings (SSSR count). The maximum atomic E-state index is 5.78. The van der Waals surface area contributed by atoms with E-state index in [1.165, 1.54) is 12.0 Å². The van der Waals surface area contributed by atoms with Crippen LogP contribution in [0.5, 0.6) is 11.6 Å². The molecule has 0 radical (unpaired) electrons. The van der Waals surface area contributed by atoms with E-state index in [2.05, 4.69) is 27.0 Å². The van der Waals surface area contributed by atoms with Gasteiger partial charge in [0.15, 0.2) is 0 Å². The molecule has 0 saturated carbocycles. The smallest absolute Gasteiger partial charge is 0.219 e. The molecule has 0 amide bonds. The Morgan fingerprint density at radius 1 is 1.17 bits per heavy atom. The summed E-state index contributed by atoms with van der Waals surface area (Å²) < 4.78 is 6.65. The first-order chi connectivity index (χ1) is 8.72. The van der Waals surface area contributed by atoms with Gasteiger partial charge in [0.1, 0.15) is 5.75 Å². The highest BCUT2D eigenvalue weighted by atomic mass is 79.9. The second-order valence-corrected chi connectivity index (χ2v) is 5.26. The molecule has 0 atom stereocenters. The lowest BCUT2D eigenvalue weighted by Crippen LogP contribution is -1.94. The number of nitrogen functional groups attached to an aromatic ring is 1. The zero-order valence-corrected chi connectivity index (χ0v) is 11.4. The Labute approximate surface area is 114 Å². The van der Waals surface area contributed by atoms with Gasteiger partial charge in [0, 0.05) is 23.5 Å². The molecule has 1 aromatic heterocycles. The molecular formula is C14H13BrN2O. The fourth-order valence-electron chi connectivity index (χ4n) is 2.17. The predicted octanol–water partition coefficient (Wildman–Crippen LogP) is 3.71. The van der Waals surface area contributed by atoms with E-state index in [1.54, 1.807) is 6.07 Å². The fourth-order valence-corrected chi connectivity index (χ4v) is 2.50. The first-order valence-corrected chi connectivity index (χ1v) is 6.73. The van der Waals surface area contributed by atoms with Gasteiger partial charge in [0.05, 0.1) is 4.47 Å². The van der Waals surface area contributed by atoms with Gasteiger partial charge in [0.25, 0.3) is 0 Å². The van der Waals surface area contributed by atoms with E-state index in [4.69, 9.17) is 10.5 Å². The molecule has 18 heavy (non-hydrogen) atoms. The van der Waals surface area contributed by atoms with Crippen LogP contribution in [0.2, 0.25) is 0 Å². The first-order valence-electron chi connectivity index (χ1n) is 5.94. The molecule has 1 aromatic carbocycles. The summed E-state index contributed by atoms with van der Waals surface area (Å²) in [6.45, 7) is 0. The van der Waals surface area contributed by atoms with Crippen LogP contribution in [0.1, 0.15) is 17.7 Å². The van der Waals surface area contributed by atoms with Crippen molar-refractivity contribution < 1.29 is 4.74 Å². The minimum absolute atomic E-state index is 0.627. The zero-order chi connectivity index (χ0) is 12.5. The number of nitrogens with two attached hydrogens (primary N) is 1. The third-order valence-corrected chi connectivity index (χ3v) is 3.73. The lowest BCUT2D eigenvalue weighted by atomic mass is 10.2. The Kier molecular flexibility index (Phi) is 2.96. The summed E-state index contributed by atoms with van der Waals surface area (Å²) in [7, 11) is 0. The monoisotopic (exact) mass is 304 g/mol. The van der Waals surface area contributed by atoms with Crippen molar-refractivity contribution in [2.75, 3.05) is 5.73 Å². The Bertz CT molecular complexity index is 598. The maximum Gasteiger partial charge on any atom is 0.219 e. The number of hydrogen-bond donors (Lipinski definition) is 1. The number of halogens is 1. The molecular weight excluding hydrogens is 292 g/mol. The summed E-state index contributed by atoms with van der Waals surface area (Å²) in [5, 5.41) is 0. The second-order valence-electron chi connectivity index (χ2n) is 4.40. The van der Waals surface area contributed by atoms with Crippen LogP contribution < -0.4 is 10.5 Å². The zero-order valence-electron chi connectivity index (χ0n) is 9.82. The second kappa shape index (κ2) is 4.61. The average Bonchev–Trinajstić information content (AvgIpc) is 2.81. The lowest BCUT2D eigenvalue weighted by molar-refractivity contribution is 0.458. The minimum atomic E-state index is 0.627. The van der Waals surface area contributed by atoms with E-state index >= 15 is 0 Å². The predicted molar refractivity (Wildman–Crippen MR) is 74.9 cm³/mol. The molecule has 0 aliphatic heterocycles. The van der Waals surface area contributed by atoms with Gasteiger partial charge < -0.3 is 10.5 Å². The third kappa shape index (κ3) is 2.20. The summed E-state index contributed by atoms with van der Waals surface area (Å²) in [6, 6.07) is 9.51. The topological polar surface area (TPSA) is 48.1 Å². The van der Waals surface area contributed by atoms with Gasteiger partial charge in [-0.25, -0.2) is 4.98 Å². The van der Waals surface area contributed by atoms with E-state index in [0.29, 0.717) is 17.3 Å². The third-order valence-electron chi connectivity index (χ3n) is 3.07. The molecule has 3 nitrogen and oxygen atoms in total. The highest BCUT2D eigenvalue weighted by Crippen LogP contribution is 2.32. The molecule has 92 valence electrons. The van der Waals surface area contributed by atoms with Crippen LogP contribution in [0.3, 0.4) is 0 Å². The van der Waals surface area contributed by atoms with Gasteiger partial charge in [-0.05, 0) is 52.9 Å². The summed E-state index contributed by atoms with van der Waals surface area (Å²) in [5.41, 5.74) is 8.93. The molecule has 1 heterocycles. The number of pyridine rings is 1. The molecule has 0 spiro atoms. The minimum Gasteiger partial charge on any atom is -0.438 e. The molecule has 2 N–H and O–H groups in total. The van der Waals surface area contributed by atoms with Gasteiger partial charge in [-0.15, -0.1) is 0 Å². The summed E-state index contributed by atoms with van der Waals surface area (Å²) >= 11 is 3.44. The van der Waals surface area contributed by atoms with Gasteiger partial charge in [-0.1, -0.05) is 6.07 Å². The van der Waals surface area contributed by atoms with Crippen LogP contribution in [0.15, 0.2) is 34.8 Å². The molecule has 0 fully saturated rings. The van der Waals surface area contributed by atoms with Crippen molar-refractivity contribution in [2.45, 2.75) is 19.3 Å². The fraction of sp³-hybridized carbons (Fsp3) is 0.214. The maximum absolute atomic E-state index is 5.78. The number of aryl methyl sites for hydroxylation is 2. The van der Waals surface area contributed by atoms with Crippen LogP contribution >= 0.6 is 15.9 Å². The Balaban J connectivity index is 1.90. The first kappa shape index (κ1) is 11.5. The van der Waals surface area contributed by atoms with Crippen molar-refractivity contribution in [3.05, 3.63) is 46.1 Å². The molecule has 4 heteroatoms. The standard InChI is InChI=1S/C14H13BrN2O/c15-11-6-5-10(16)8-13(11)18-14-7-4-9-2-1-3-12(9)17-14/h4-8H,1-3,16H2. The van der Waals surface area contributed by atoms with Crippen LogP contribution in [-0.2, 0) is 12.8 Å². The number of anilines is 1. The number of ether oxygens (including phenoxy) is 1. The van der Waals surface area contributed by atoms with Crippen molar-refractivity contribution in [3.63, 3.8) is 0 Å². The average molecular weight is 305 g/mol. The van der Waals surface area contributed by atoms with Crippen molar-refractivity contribution in [1.82, 2.24) is 4.98 Å². The molecule has 0 saturated heterocycles. The van der Waals surface area contributed by atoms with Crippen molar-refractivity contribution in [3.8, 4) is 11.6 Å². The van der Waals surface area contributed by atoms with E-state index in [-0.39, 0.29) is 0 Å². The number of benzene rings is 1. The van der Waals surface area contributed by atoms with Gasteiger partial charge in [0.2, 0.25) is 5.88 Å². The highest BCUT2D eigenvalue weighted by Gasteiger charge is 2.13. The van der Waals surface area contributed by atoms with Crippen molar-refractivity contribution in [2.24, 2.45) is 0 Å². The van der Waals surface area contributed by atoms with E-state index in [9.17, 15) is 0 Å². The molecule has 0 bridgehead atoms. The number of aromatic nitrogens is 1. The highest BCUT2D eigenvalue weighted by molar-refractivity contribution is 9.10. The Morgan fingerprint density at radius 3 is 2.94 bits per heavy atom. The Morgan fingerprint density at radius 2 is 2.06 bits per heavy atom. The molecule has 1 aliphatic carbocycles. The van der Waals surface area contributed by atoms with Crippen molar-refractivity contribution in [1.29, 1.82) is 0 Å². The van der Waals surface area contributed by atoms with Crippen LogP contribution in [-0.4, -0.2) is 4.98 Å². The number of hydrogen-bond acceptors (Lipinski definition) is 3. The van der Waals surface area contributed by atoms with E-state index in [1.807, 2.05) is 18.2 Å². The van der Waals surface area contributed by atoms with Crippen molar-refractivity contribution >= 4 is 21.6 Å². The number of rotatable bonds is 2. The summed E-state index contributed by atoms with van der Waals surface area (Å²) in [6.07, 6.45) is 3.36. The summed E-state index contributed by atoms with van der Waals surface area (Å²) in [4.78, 5) is 4.54. The van der Waals surface area contributed by atoms with Gasteiger partial charge in [-0.3, -0.25) is 0 Å².